The number of likely N-dealkylation sites (tertiary alicyclic amines) is 1. The number of amides is 1. The zero-order chi connectivity index (χ0) is 25.9. The molecule has 0 saturated carbocycles. The number of alkyl halides is 3. The number of halogens is 3. The molecule has 2 aromatic rings. The molecule has 194 valence electrons. The van der Waals surface area contributed by atoms with Crippen molar-refractivity contribution in [2.45, 2.75) is 65.0 Å². The van der Waals surface area contributed by atoms with Gasteiger partial charge in [-0.2, -0.15) is 13.2 Å². The minimum absolute atomic E-state index is 0.00402. The van der Waals surface area contributed by atoms with Gasteiger partial charge in [0.1, 0.15) is 12.4 Å². The van der Waals surface area contributed by atoms with E-state index in [1.54, 1.807) is 6.26 Å². The summed E-state index contributed by atoms with van der Waals surface area (Å²) in [6.07, 6.45) is -1.35. The number of piperidine rings is 1. The summed E-state index contributed by atoms with van der Waals surface area (Å²) in [6.45, 7) is 10.5. The average molecular weight is 502 g/mol. The Morgan fingerprint density at radius 1 is 1.20 bits per heavy atom. The standard InChI is InChI=1S/C20H29N5O3.C2HF3O2/c1-19(2,3)21-18(26)17-23-22-16-12-27-14-20(13-25(16)17)6-8-24(9-7-20)11-15-5-4-10-28-15;3-2(4,5)1(6)7/h4-5,10H,6-9,11-14H2,1-3H3,(H,21,26);(H,6,7). The van der Waals surface area contributed by atoms with Crippen molar-refractivity contribution in [3.63, 3.8) is 0 Å². The molecule has 1 spiro atoms. The average Bonchev–Trinajstić information content (AvgIpc) is 3.35. The molecule has 2 N–H and O–H groups in total. The Balaban J connectivity index is 0.000000429. The van der Waals surface area contributed by atoms with Crippen LogP contribution in [0.1, 0.15) is 55.8 Å². The maximum absolute atomic E-state index is 12.7. The topological polar surface area (TPSA) is 123 Å². The Hall–Kier alpha value is -2.93. The van der Waals surface area contributed by atoms with Gasteiger partial charge in [0.05, 0.1) is 19.4 Å². The first-order valence-corrected chi connectivity index (χ1v) is 11.2. The number of carboxylic acid groups (broad SMARTS) is 1. The van der Waals surface area contributed by atoms with Crippen molar-refractivity contribution >= 4 is 11.9 Å². The van der Waals surface area contributed by atoms with E-state index in [0.29, 0.717) is 19.0 Å². The van der Waals surface area contributed by atoms with Gasteiger partial charge in [0, 0.05) is 17.5 Å². The Morgan fingerprint density at radius 3 is 2.40 bits per heavy atom. The molecule has 2 aliphatic rings. The van der Waals surface area contributed by atoms with Crippen LogP contribution in [0.15, 0.2) is 22.8 Å². The van der Waals surface area contributed by atoms with Crippen molar-refractivity contribution in [1.29, 1.82) is 0 Å². The zero-order valence-corrected chi connectivity index (χ0v) is 19.9. The number of furan rings is 1. The maximum Gasteiger partial charge on any atom is 0.490 e. The van der Waals surface area contributed by atoms with E-state index in [0.717, 1.165) is 50.6 Å². The van der Waals surface area contributed by atoms with E-state index in [9.17, 15) is 18.0 Å². The Kier molecular flexibility index (Phi) is 7.90. The first kappa shape index (κ1) is 26.7. The van der Waals surface area contributed by atoms with Crippen LogP contribution in [0.4, 0.5) is 13.2 Å². The van der Waals surface area contributed by atoms with Crippen molar-refractivity contribution < 1.29 is 37.0 Å². The molecule has 4 rings (SSSR count). The van der Waals surface area contributed by atoms with Gasteiger partial charge in [0.2, 0.25) is 5.82 Å². The quantitative estimate of drug-likeness (QED) is 0.658. The predicted molar refractivity (Wildman–Crippen MR) is 116 cm³/mol. The monoisotopic (exact) mass is 501 g/mol. The lowest BCUT2D eigenvalue weighted by Gasteiger charge is -2.40. The Labute approximate surface area is 200 Å². The van der Waals surface area contributed by atoms with Crippen molar-refractivity contribution in [2.75, 3.05) is 19.7 Å². The molecule has 0 aliphatic carbocycles. The highest BCUT2D eigenvalue weighted by atomic mass is 19.4. The van der Waals surface area contributed by atoms with Gasteiger partial charge >= 0.3 is 12.1 Å². The summed E-state index contributed by atoms with van der Waals surface area (Å²) in [7, 11) is 0. The summed E-state index contributed by atoms with van der Waals surface area (Å²) in [6, 6.07) is 3.94. The number of ether oxygens (including phenoxy) is 1. The third-order valence-electron chi connectivity index (χ3n) is 5.77. The van der Waals surface area contributed by atoms with Gasteiger partial charge in [-0.25, -0.2) is 4.79 Å². The molecule has 10 nitrogen and oxygen atoms in total. The highest BCUT2D eigenvalue weighted by molar-refractivity contribution is 5.91. The number of carboxylic acids is 1. The first-order chi connectivity index (χ1) is 16.3. The van der Waals surface area contributed by atoms with Gasteiger partial charge in [-0.15, -0.1) is 10.2 Å². The number of nitrogens with zero attached hydrogens (tertiary/aromatic N) is 4. The summed E-state index contributed by atoms with van der Waals surface area (Å²) in [4.78, 5) is 24.0. The van der Waals surface area contributed by atoms with Gasteiger partial charge in [0.25, 0.3) is 5.91 Å². The maximum atomic E-state index is 12.7. The van der Waals surface area contributed by atoms with Crippen LogP contribution in [0.3, 0.4) is 0 Å². The molecule has 1 amide bonds. The first-order valence-electron chi connectivity index (χ1n) is 11.2. The normalized spacial score (nSPS) is 18.2. The van der Waals surface area contributed by atoms with Crippen LogP contribution in [-0.2, 0) is 29.2 Å². The number of carbonyl (C=O) groups excluding carboxylic acids is 1. The molecule has 0 radical (unpaired) electrons. The van der Waals surface area contributed by atoms with Crippen LogP contribution in [0, 0.1) is 5.41 Å². The number of aromatic nitrogens is 3. The molecular weight excluding hydrogens is 471 g/mol. The third kappa shape index (κ3) is 7.28. The Bertz CT molecular complexity index is 1010. The van der Waals surface area contributed by atoms with Gasteiger partial charge in [-0.05, 0) is 58.8 Å². The van der Waals surface area contributed by atoms with E-state index < -0.39 is 12.1 Å². The molecule has 0 bridgehead atoms. The summed E-state index contributed by atoms with van der Waals surface area (Å²) in [5, 5.41) is 18.5. The minimum Gasteiger partial charge on any atom is -0.475 e. The Morgan fingerprint density at radius 2 is 1.86 bits per heavy atom. The van der Waals surface area contributed by atoms with Crippen molar-refractivity contribution in [3.8, 4) is 0 Å². The van der Waals surface area contributed by atoms with E-state index in [4.69, 9.17) is 19.1 Å². The molecule has 1 fully saturated rings. The number of aliphatic carboxylic acids is 1. The molecule has 0 atom stereocenters. The van der Waals surface area contributed by atoms with E-state index in [1.807, 2.05) is 37.5 Å². The lowest BCUT2D eigenvalue weighted by atomic mass is 9.79. The molecule has 13 heteroatoms. The van der Waals surface area contributed by atoms with Crippen LogP contribution in [-0.4, -0.2) is 68.1 Å². The molecule has 1 saturated heterocycles. The smallest absolute Gasteiger partial charge is 0.475 e. The highest BCUT2D eigenvalue weighted by Gasteiger charge is 2.40. The van der Waals surface area contributed by atoms with Gasteiger partial charge < -0.3 is 24.1 Å². The number of hydrogen-bond acceptors (Lipinski definition) is 7. The zero-order valence-electron chi connectivity index (χ0n) is 19.9. The van der Waals surface area contributed by atoms with Crippen molar-refractivity contribution in [3.05, 3.63) is 35.8 Å². The van der Waals surface area contributed by atoms with Crippen molar-refractivity contribution in [2.24, 2.45) is 5.41 Å². The molecule has 0 unspecified atom stereocenters. The number of hydrogen-bond donors (Lipinski definition) is 2. The predicted octanol–water partition coefficient (Wildman–Crippen LogP) is 2.85. The van der Waals surface area contributed by atoms with Crippen LogP contribution in [0.5, 0.6) is 0 Å². The summed E-state index contributed by atoms with van der Waals surface area (Å²) >= 11 is 0. The molecule has 2 aliphatic heterocycles. The fourth-order valence-electron chi connectivity index (χ4n) is 4.02. The fourth-order valence-corrected chi connectivity index (χ4v) is 4.02. The van der Waals surface area contributed by atoms with Crippen molar-refractivity contribution in [1.82, 2.24) is 25.0 Å². The lowest BCUT2D eigenvalue weighted by Crippen LogP contribution is -2.45. The second kappa shape index (κ2) is 10.4. The molecule has 4 heterocycles. The number of fused-ring (bicyclic) bond motifs is 1. The number of rotatable bonds is 3. The SMILES string of the molecule is CC(C)(C)NC(=O)c1nnc2n1CC1(CCN(Cc3ccco3)CC1)COC2.O=C(O)C(F)(F)F. The van der Waals surface area contributed by atoms with Gasteiger partial charge in [0.15, 0.2) is 5.82 Å². The fraction of sp³-hybridized carbons (Fsp3) is 0.636. The lowest BCUT2D eigenvalue weighted by molar-refractivity contribution is -0.192. The highest BCUT2D eigenvalue weighted by Crippen LogP contribution is 2.37. The second-order valence-corrected chi connectivity index (χ2v) is 9.88. The summed E-state index contributed by atoms with van der Waals surface area (Å²) < 4.78 is 45.1. The summed E-state index contributed by atoms with van der Waals surface area (Å²) in [5.74, 6) is -0.830. The number of carbonyl (C=O) groups is 2. The van der Waals surface area contributed by atoms with E-state index in [2.05, 4.69) is 20.4 Å². The second-order valence-electron chi connectivity index (χ2n) is 9.88. The number of nitrogens with one attached hydrogen (secondary N) is 1. The van der Waals surface area contributed by atoms with Gasteiger partial charge in [-0.1, -0.05) is 0 Å². The van der Waals surface area contributed by atoms with Crippen LogP contribution < -0.4 is 5.32 Å². The minimum atomic E-state index is -5.08. The molecule has 2 aromatic heterocycles. The van der Waals surface area contributed by atoms with Crippen LogP contribution >= 0.6 is 0 Å². The summed E-state index contributed by atoms with van der Waals surface area (Å²) in [5.41, 5.74) is -0.316. The van der Waals surface area contributed by atoms with E-state index in [1.165, 1.54) is 0 Å². The van der Waals surface area contributed by atoms with E-state index in [-0.39, 0.29) is 16.9 Å². The molecular formula is C22H30F3N5O5. The van der Waals surface area contributed by atoms with Crippen LogP contribution in [0.2, 0.25) is 0 Å². The third-order valence-corrected chi connectivity index (χ3v) is 5.77. The molecule has 35 heavy (non-hydrogen) atoms. The molecule has 0 aromatic carbocycles. The van der Waals surface area contributed by atoms with E-state index >= 15 is 0 Å². The largest absolute Gasteiger partial charge is 0.490 e. The van der Waals surface area contributed by atoms with Gasteiger partial charge in [-0.3, -0.25) is 9.69 Å². The van der Waals surface area contributed by atoms with Crippen LogP contribution in [0.25, 0.3) is 0 Å².